The van der Waals surface area contributed by atoms with Crippen LogP contribution in [0.3, 0.4) is 0 Å². The Labute approximate surface area is 62.4 Å². The van der Waals surface area contributed by atoms with Crippen molar-refractivity contribution in [1.29, 1.82) is 0 Å². The summed E-state index contributed by atoms with van der Waals surface area (Å²) in [5, 5.41) is 0. The van der Waals surface area contributed by atoms with Crippen LogP contribution in [-0.2, 0) is 0 Å². The number of rotatable bonds is 0. The normalized spacial score (nSPS) is 53.4. The molecule has 3 aliphatic heterocycles. The summed E-state index contributed by atoms with van der Waals surface area (Å²) in [4.78, 5) is 2.52. The minimum atomic E-state index is 0.477. The van der Waals surface area contributed by atoms with Gasteiger partial charge in [0.25, 0.3) is 0 Å². The Hall–Kier alpha value is -0.0800. The molecule has 3 rings (SSSR count). The van der Waals surface area contributed by atoms with Crippen LogP contribution in [0.25, 0.3) is 0 Å². The van der Waals surface area contributed by atoms with Crippen molar-refractivity contribution in [3.63, 3.8) is 0 Å². The summed E-state index contributed by atoms with van der Waals surface area (Å²) in [7, 11) is 0. The van der Waals surface area contributed by atoms with Crippen molar-refractivity contribution >= 4 is 0 Å². The van der Waals surface area contributed by atoms with Crippen molar-refractivity contribution in [3.05, 3.63) is 0 Å². The molecule has 2 N–H and O–H groups in total. The molecule has 2 nitrogen and oxygen atoms in total. The van der Waals surface area contributed by atoms with E-state index in [9.17, 15) is 0 Å². The maximum Gasteiger partial charge on any atom is 0.0197 e. The van der Waals surface area contributed by atoms with Gasteiger partial charge in [0.1, 0.15) is 0 Å². The number of nitrogens with two attached hydrogens (primary N) is 1. The number of nitrogens with zero attached hydrogens (tertiary/aromatic N) is 1. The molecule has 0 aliphatic carbocycles. The van der Waals surface area contributed by atoms with E-state index < -0.39 is 0 Å². The van der Waals surface area contributed by atoms with Gasteiger partial charge >= 0.3 is 0 Å². The monoisotopic (exact) mass is 140 g/mol. The minimum absolute atomic E-state index is 0.477. The van der Waals surface area contributed by atoms with E-state index in [4.69, 9.17) is 5.73 Å². The third-order valence-corrected chi connectivity index (χ3v) is 3.11. The summed E-state index contributed by atoms with van der Waals surface area (Å²) in [6.07, 6.45) is 2.67. The minimum Gasteiger partial charge on any atom is -0.326 e. The zero-order valence-electron chi connectivity index (χ0n) is 6.59. The highest BCUT2D eigenvalue weighted by Gasteiger charge is 2.35. The van der Waals surface area contributed by atoms with Crippen molar-refractivity contribution in [3.8, 4) is 0 Å². The van der Waals surface area contributed by atoms with Crippen LogP contribution in [0.1, 0.15) is 19.8 Å². The lowest BCUT2D eigenvalue weighted by Crippen LogP contribution is -2.57. The number of hydrogen-bond acceptors (Lipinski definition) is 2. The van der Waals surface area contributed by atoms with E-state index in [2.05, 4.69) is 11.8 Å². The van der Waals surface area contributed by atoms with Gasteiger partial charge in [-0.1, -0.05) is 0 Å². The molecule has 0 radical (unpaired) electrons. The summed E-state index contributed by atoms with van der Waals surface area (Å²) in [6, 6.07) is 1.28. The SMILES string of the molecule is CC1CC2CCN1CC2N. The molecule has 2 heteroatoms. The molecule has 4 atom stereocenters. The first-order valence-corrected chi connectivity index (χ1v) is 4.27. The Bertz CT molecular complexity index is 119. The lowest BCUT2D eigenvalue weighted by Gasteiger charge is -2.47. The first kappa shape index (κ1) is 6.62. The van der Waals surface area contributed by atoms with Crippen molar-refractivity contribution in [2.24, 2.45) is 11.7 Å². The molecular weight excluding hydrogens is 124 g/mol. The van der Waals surface area contributed by atoms with Gasteiger partial charge in [-0.05, 0) is 32.2 Å². The first-order valence-electron chi connectivity index (χ1n) is 4.27. The van der Waals surface area contributed by atoms with E-state index in [1.54, 1.807) is 0 Å². The standard InChI is InChI=1S/C8H16N2/c1-6-4-7-2-3-10(6)5-8(7)9/h6-8H,2-5,9H2,1H3. The van der Waals surface area contributed by atoms with E-state index >= 15 is 0 Å². The predicted octanol–water partition coefficient (Wildman–Crippen LogP) is 0.428. The third kappa shape index (κ3) is 0.867. The highest BCUT2D eigenvalue weighted by Crippen LogP contribution is 2.30. The van der Waals surface area contributed by atoms with Crippen molar-refractivity contribution in [1.82, 2.24) is 4.90 Å². The topological polar surface area (TPSA) is 29.3 Å². The second-order valence-electron chi connectivity index (χ2n) is 3.79. The van der Waals surface area contributed by atoms with Crippen molar-refractivity contribution < 1.29 is 0 Å². The van der Waals surface area contributed by atoms with Gasteiger partial charge in [-0.15, -0.1) is 0 Å². The van der Waals surface area contributed by atoms with Gasteiger partial charge in [0.15, 0.2) is 0 Å². The van der Waals surface area contributed by atoms with Crippen LogP contribution >= 0.6 is 0 Å². The molecule has 0 saturated carbocycles. The van der Waals surface area contributed by atoms with Crippen LogP contribution in [0.4, 0.5) is 0 Å². The molecule has 0 aromatic carbocycles. The second kappa shape index (κ2) is 2.21. The molecule has 4 unspecified atom stereocenters. The molecule has 3 aliphatic rings. The summed E-state index contributed by atoms with van der Waals surface area (Å²) < 4.78 is 0. The van der Waals surface area contributed by atoms with Crippen LogP contribution < -0.4 is 5.73 Å². The lowest BCUT2D eigenvalue weighted by molar-refractivity contribution is 0.0418. The average molecular weight is 140 g/mol. The number of fused-ring (bicyclic) bond motifs is 3. The second-order valence-corrected chi connectivity index (χ2v) is 3.79. The van der Waals surface area contributed by atoms with Crippen LogP contribution in [0.15, 0.2) is 0 Å². The molecule has 0 spiro atoms. The zero-order valence-corrected chi connectivity index (χ0v) is 6.59. The fourth-order valence-electron chi connectivity index (χ4n) is 2.34. The van der Waals surface area contributed by atoms with Crippen LogP contribution in [0, 0.1) is 5.92 Å². The Morgan fingerprint density at radius 1 is 1.50 bits per heavy atom. The molecule has 10 heavy (non-hydrogen) atoms. The quantitative estimate of drug-likeness (QED) is 0.528. The van der Waals surface area contributed by atoms with Crippen molar-refractivity contribution in [2.75, 3.05) is 13.1 Å². The van der Waals surface area contributed by atoms with E-state index in [1.807, 2.05) is 0 Å². The first-order chi connectivity index (χ1) is 4.77. The highest BCUT2D eigenvalue weighted by molar-refractivity contribution is 4.92. The van der Waals surface area contributed by atoms with E-state index in [0.717, 1.165) is 18.5 Å². The number of piperidine rings is 3. The van der Waals surface area contributed by atoms with Gasteiger partial charge in [-0.25, -0.2) is 0 Å². The molecule has 0 aromatic heterocycles. The molecule has 3 saturated heterocycles. The van der Waals surface area contributed by atoms with Gasteiger partial charge in [0, 0.05) is 18.6 Å². The van der Waals surface area contributed by atoms with E-state index in [1.165, 1.54) is 19.4 Å². The molecule has 0 aromatic rings. The molecule has 2 bridgehead atoms. The Kier molecular flexibility index (Phi) is 1.46. The third-order valence-electron chi connectivity index (χ3n) is 3.11. The smallest absolute Gasteiger partial charge is 0.0197 e. The predicted molar refractivity (Wildman–Crippen MR) is 41.7 cm³/mol. The molecule has 58 valence electrons. The zero-order chi connectivity index (χ0) is 7.14. The maximum absolute atomic E-state index is 5.94. The number of hydrogen-bond donors (Lipinski definition) is 1. The van der Waals surface area contributed by atoms with Crippen molar-refractivity contribution in [2.45, 2.75) is 31.8 Å². The summed E-state index contributed by atoms with van der Waals surface area (Å²) >= 11 is 0. The van der Waals surface area contributed by atoms with Crippen LogP contribution in [0.2, 0.25) is 0 Å². The van der Waals surface area contributed by atoms with Gasteiger partial charge < -0.3 is 5.73 Å². The fraction of sp³-hybridized carbons (Fsp3) is 1.00. The van der Waals surface area contributed by atoms with E-state index in [0.29, 0.717) is 6.04 Å². The van der Waals surface area contributed by atoms with Crippen LogP contribution in [-0.4, -0.2) is 30.1 Å². The molecule has 0 amide bonds. The summed E-state index contributed by atoms with van der Waals surface area (Å²) in [5.41, 5.74) is 5.94. The van der Waals surface area contributed by atoms with Gasteiger partial charge in [-0.3, -0.25) is 4.90 Å². The molecule has 3 heterocycles. The van der Waals surface area contributed by atoms with Gasteiger partial charge in [0.2, 0.25) is 0 Å². The lowest BCUT2D eigenvalue weighted by atomic mass is 9.81. The molecular formula is C8H16N2. The fourth-order valence-corrected chi connectivity index (χ4v) is 2.34. The molecule has 3 fully saturated rings. The van der Waals surface area contributed by atoms with E-state index in [-0.39, 0.29) is 0 Å². The van der Waals surface area contributed by atoms with Gasteiger partial charge in [0.05, 0.1) is 0 Å². The van der Waals surface area contributed by atoms with Crippen LogP contribution in [0.5, 0.6) is 0 Å². The Balaban J connectivity index is 2.09. The Morgan fingerprint density at radius 3 is 2.60 bits per heavy atom. The average Bonchev–Trinajstić information content (AvgIpc) is 1.91. The largest absolute Gasteiger partial charge is 0.326 e. The maximum atomic E-state index is 5.94. The van der Waals surface area contributed by atoms with Gasteiger partial charge in [-0.2, -0.15) is 0 Å². The summed E-state index contributed by atoms with van der Waals surface area (Å²) in [5.74, 6) is 0.833. The highest BCUT2D eigenvalue weighted by atomic mass is 15.2. The Morgan fingerprint density at radius 2 is 2.30 bits per heavy atom. The summed E-state index contributed by atoms with van der Waals surface area (Å²) in [6.45, 7) is 4.75.